The van der Waals surface area contributed by atoms with Crippen molar-refractivity contribution in [2.24, 2.45) is 10.7 Å². The molecule has 0 fully saturated rings. The molecule has 1 aliphatic heterocycles. The van der Waals surface area contributed by atoms with Crippen LogP contribution in [0.1, 0.15) is 12.5 Å². The molecule has 5 N–H and O–H groups in total. The van der Waals surface area contributed by atoms with Crippen LogP contribution in [0, 0.1) is 6.92 Å². The van der Waals surface area contributed by atoms with Crippen molar-refractivity contribution in [3.63, 3.8) is 0 Å². The first-order valence-corrected chi connectivity index (χ1v) is 8.12. The van der Waals surface area contributed by atoms with Gasteiger partial charge in [0.05, 0.1) is 0 Å². The van der Waals surface area contributed by atoms with Crippen LogP contribution in [0.15, 0.2) is 70.9 Å². The van der Waals surface area contributed by atoms with E-state index in [-0.39, 0.29) is 6.04 Å². The highest BCUT2D eigenvalue weighted by atomic mass is 15.2. The third-order valence-electron chi connectivity index (χ3n) is 4.80. The third-order valence-corrected chi connectivity index (χ3v) is 4.80. The average Bonchev–Trinajstić information content (AvgIpc) is 2.57. The van der Waals surface area contributed by atoms with E-state index in [1.807, 2.05) is 26.0 Å². The summed E-state index contributed by atoms with van der Waals surface area (Å²) in [6, 6.07) is 14.6. The number of rotatable bonds is 1. The summed E-state index contributed by atoms with van der Waals surface area (Å²) in [4.78, 5) is 6.11. The van der Waals surface area contributed by atoms with Gasteiger partial charge in [-0.05, 0) is 49.3 Å². The van der Waals surface area contributed by atoms with Crippen LogP contribution in [0.5, 0.6) is 0 Å². The third kappa shape index (κ3) is 2.23. The van der Waals surface area contributed by atoms with Gasteiger partial charge in [-0.3, -0.25) is 4.90 Å². The van der Waals surface area contributed by atoms with E-state index < -0.39 is 0 Å². The molecule has 2 aliphatic rings. The van der Waals surface area contributed by atoms with Crippen molar-refractivity contribution in [2.75, 3.05) is 5.73 Å². The Kier molecular flexibility index (Phi) is 3.28. The summed E-state index contributed by atoms with van der Waals surface area (Å²) in [7, 11) is 0. The number of allylic oxidation sites excluding steroid dienone is 1. The maximum absolute atomic E-state index is 6.20. The highest BCUT2D eigenvalue weighted by Crippen LogP contribution is 2.33. The van der Waals surface area contributed by atoms with E-state index in [0.717, 1.165) is 39.6 Å². The summed E-state index contributed by atoms with van der Waals surface area (Å²) in [5.74, 6) is 0. The number of aliphatic imine (C=N–C) groups is 1. The number of nitrogens with two attached hydrogens (primary N) is 2. The molecular formula is C20H21N4+. The molecule has 1 heterocycles. The minimum atomic E-state index is 0.0608. The van der Waals surface area contributed by atoms with E-state index in [4.69, 9.17) is 16.5 Å². The van der Waals surface area contributed by atoms with Gasteiger partial charge in [-0.15, -0.1) is 0 Å². The Hall–Kier alpha value is -2.85. The van der Waals surface area contributed by atoms with Crippen molar-refractivity contribution in [1.82, 2.24) is 0 Å². The van der Waals surface area contributed by atoms with E-state index in [1.165, 1.54) is 10.6 Å². The Morgan fingerprint density at radius 1 is 1.04 bits per heavy atom. The zero-order chi connectivity index (χ0) is 16.8. The van der Waals surface area contributed by atoms with Gasteiger partial charge >= 0.3 is 0 Å². The number of hydrogen-bond donors (Lipinski definition) is 3. The Morgan fingerprint density at radius 3 is 2.54 bits per heavy atom. The Labute approximate surface area is 141 Å². The normalized spacial score (nSPS) is 22.0. The predicted molar refractivity (Wildman–Crippen MR) is 99.2 cm³/mol. The molecule has 24 heavy (non-hydrogen) atoms. The lowest BCUT2D eigenvalue weighted by Gasteiger charge is -2.33. The average molecular weight is 317 g/mol. The van der Waals surface area contributed by atoms with E-state index >= 15 is 0 Å². The summed E-state index contributed by atoms with van der Waals surface area (Å²) in [5, 5.41) is 0. The van der Waals surface area contributed by atoms with E-state index in [1.54, 1.807) is 0 Å². The number of benzene rings is 2. The quantitative estimate of drug-likeness (QED) is 0.708. The standard InChI is InChI=1S/C20H20N4/c1-12-8-17-19(10-15(12)21)24(14-6-4-3-5-7-14)20-11-16(22)13(2)9-18(20)23-17/h3-11,19H,21-22H2,1-2H3/p+1. The van der Waals surface area contributed by atoms with Gasteiger partial charge in [-0.1, -0.05) is 18.2 Å². The van der Waals surface area contributed by atoms with Gasteiger partial charge in [0.1, 0.15) is 17.1 Å². The first-order valence-electron chi connectivity index (χ1n) is 8.12. The van der Waals surface area contributed by atoms with Gasteiger partial charge in [0.25, 0.3) is 0 Å². The monoisotopic (exact) mass is 317 g/mol. The molecule has 4 nitrogen and oxygen atoms in total. The number of nitrogen functional groups attached to an aromatic ring is 1. The lowest BCUT2D eigenvalue weighted by Crippen LogP contribution is -3.08. The second kappa shape index (κ2) is 5.35. The molecule has 0 amide bonds. The number of aryl methyl sites for hydroxylation is 1. The SMILES string of the molecule is CC1=CC2=Nc3cc(C)c(N)cc3[NH+](c3ccccc3)C2C=C1N. The van der Waals surface area contributed by atoms with Crippen LogP contribution < -0.4 is 16.4 Å². The van der Waals surface area contributed by atoms with Crippen molar-refractivity contribution in [2.45, 2.75) is 19.9 Å². The molecule has 0 spiro atoms. The molecule has 0 saturated carbocycles. The first kappa shape index (κ1) is 14.7. The Bertz CT molecular complexity index is 907. The van der Waals surface area contributed by atoms with Crippen molar-refractivity contribution >= 4 is 28.5 Å². The number of anilines is 1. The molecule has 4 heteroatoms. The molecule has 2 atom stereocenters. The molecular weight excluding hydrogens is 296 g/mol. The molecule has 2 unspecified atom stereocenters. The second-order valence-electron chi connectivity index (χ2n) is 6.47. The van der Waals surface area contributed by atoms with Crippen molar-refractivity contribution in [3.05, 3.63) is 71.5 Å². The molecule has 4 rings (SSSR count). The smallest absolute Gasteiger partial charge is 0.165 e. The van der Waals surface area contributed by atoms with Gasteiger partial charge in [0.15, 0.2) is 11.7 Å². The van der Waals surface area contributed by atoms with Crippen LogP contribution in [0.4, 0.5) is 22.7 Å². The molecule has 0 bridgehead atoms. The highest BCUT2D eigenvalue weighted by Gasteiger charge is 2.36. The molecule has 2 aromatic rings. The molecule has 0 saturated heterocycles. The number of fused-ring (bicyclic) bond motifs is 2. The summed E-state index contributed by atoms with van der Waals surface area (Å²) < 4.78 is 0. The van der Waals surface area contributed by atoms with Gasteiger partial charge < -0.3 is 11.5 Å². The molecule has 120 valence electrons. The molecule has 2 aromatic carbocycles. The van der Waals surface area contributed by atoms with Gasteiger partial charge in [0.2, 0.25) is 0 Å². The summed E-state index contributed by atoms with van der Waals surface area (Å²) in [6.45, 7) is 4.04. The minimum absolute atomic E-state index is 0.0608. The minimum Gasteiger partial charge on any atom is -0.399 e. The summed E-state index contributed by atoms with van der Waals surface area (Å²) >= 11 is 0. The zero-order valence-electron chi connectivity index (χ0n) is 13.9. The number of quaternary nitrogens is 1. The van der Waals surface area contributed by atoms with Crippen LogP contribution in [-0.2, 0) is 0 Å². The Balaban J connectivity index is 1.98. The van der Waals surface area contributed by atoms with Crippen LogP contribution in [-0.4, -0.2) is 11.8 Å². The zero-order valence-corrected chi connectivity index (χ0v) is 13.9. The lowest BCUT2D eigenvalue weighted by atomic mass is 9.94. The number of nitrogens with zero attached hydrogens (tertiary/aromatic N) is 1. The van der Waals surface area contributed by atoms with Gasteiger partial charge in [-0.25, -0.2) is 4.99 Å². The number of hydrogen-bond acceptors (Lipinski definition) is 3. The van der Waals surface area contributed by atoms with Crippen LogP contribution >= 0.6 is 0 Å². The fourth-order valence-electron chi connectivity index (χ4n) is 3.40. The summed E-state index contributed by atoms with van der Waals surface area (Å²) in [5.41, 5.74) is 20.4. The van der Waals surface area contributed by atoms with Crippen molar-refractivity contribution < 1.29 is 4.90 Å². The van der Waals surface area contributed by atoms with Crippen LogP contribution in [0.25, 0.3) is 0 Å². The van der Waals surface area contributed by atoms with Crippen molar-refractivity contribution in [3.8, 4) is 0 Å². The molecule has 0 aromatic heterocycles. The predicted octanol–water partition coefficient (Wildman–Crippen LogP) is 2.68. The van der Waals surface area contributed by atoms with Crippen LogP contribution in [0.2, 0.25) is 0 Å². The maximum Gasteiger partial charge on any atom is 0.165 e. The maximum atomic E-state index is 6.20. The van der Waals surface area contributed by atoms with E-state index in [9.17, 15) is 0 Å². The number of nitrogens with one attached hydrogen (secondary N) is 1. The first-order chi connectivity index (χ1) is 11.5. The highest BCUT2D eigenvalue weighted by molar-refractivity contribution is 6.05. The van der Waals surface area contributed by atoms with E-state index in [2.05, 4.69) is 42.5 Å². The second-order valence-corrected chi connectivity index (χ2v) is 6.47. The topological polar surface area (TPSA) is 68.8 Å². The fourth-order valence-corrected chi connectivity index (χ4v) is 3.40. The fraction of sp³-hybridized carbons (Fsp3) is 0.150. The van der Waals surface area contributed by atoms with Crippen LogP contribution in [0.3, 0.4) is 0 Å². The van der Waals surface area contributed by atoms with Gasteiger partial charge in [0, 0.05) is 23.5 Å². The lowest BCUT2D eigenvalue weighted by molar-refractivity contribution is -0.770. The van der Waals surface area contributed by atoms with Crippen molar-refractivity contribution in [1.29, 1.82) is 0 Å². The number of para-hydroxylation sites is 1. The molecule has 1 aliphatic carbocycles. The molecule has 0 radical (unpaired) electrons. The largest absolute Gasteiger partial charge is 0.399 e. The Morgan fingerprint density at radius 2 is 1.79 bits per heavy atom. The van der Waals surface area contributed by atoms with Gasteiger partial charge in [-0.2, -0.15) is 0 Å². The van der Waals surface area contributed by atoms with E-state index in [0.29, 0.717) is 0 Å². The summed E-state index contributed by atoms with van der Waals surface area (Å²) in [6.07, 6.45) is 4.20.